The molecule has 0 bridgehead atoms. The molecule has 0 aliphatic heterocycles. The molecule has 2 aromatic carbocycles. The van der Waals surface area contributed by atoms with Gasteiger partial charge in [0.05, 0.1) is 0 Å². The van der Waals surface area contributed by atoms with E-state index < -0.39 is 6.67 Å². The lowest BCUT2D eigenvalue weighted by Gasteiger charge is -2.07. The predicted molar refractivity (Wildman–Crippen MR) is 57.1 cm³/mol. The van der Waals surface area contributed by atoms with Crippen LogP contribution in [-0.4, -0.2) is 18.4 Å². The van der Waals surface area contributed by atoms with Gasteiger partial charge in [0.2, 0.25) is 0 Å². The summed E-state index contributed by atoms with van der Waals surface area (Å²) in [4.78, 5) is 0. The first-order chi connectivity index (χ1) is 7.31. The summed E-state index contributed by atoms with van der Waals surface area (Å²) < 4.78 is 17.0. The fourth-order valence-electron chi connectivity index (χ4n) is 1.47. The number of ether oxygens (including phenoxy) is 1. The van der Waals surface area contributed by atoms with E-state index in [0.29, 0.717) is 5.75 Å². The molecule has 0 heterocycles. The van der Waals surface area contributed by atoms with Crippen molar-refractivity contribution in [1.29, 1.82) is 0 Å². The van der Waals surface area contributed by atoms with Gasteiger partial charge in [-0.1, -0.05) is 24.3 Å². The van der Waals surface area contributed by atoms with E-state index in [4.69, 9.17) is 4.74 Å². The van der Waals surface area contributed by atoms with Crippen LogP contribution in [0.4, 0.5) is 4.39 Å². The van der Waals surface area contributed by atoms with E-state index in [1.54, 1.807) is 12.1 Å². The zero-order valence-corrected chi connectivity index (χ0v) is 8.11. The van der Waals surface area contributed by atoms with E-state index in [1.807, 2.05) is 24.3 Å². The Morgan fingerprint density at radius 1 is 1.13 bits per heavy atom. The van der Waals surface area contributed by atoms with Gasteiger partial charge in [0.1, 0.15) is 13.3 Å². The van der Waals surface area contributed by atoms with Crippen LogP contribution in [0.15, 0.2) is 36.4 Å². The molecule has 0 unspecified atom stereocenters. The maximum Gasteiger partial charge on any atom is 0.161 e. The summed E-state index contributed by atoms with van der Waals surface area (Å²) in [5, 5.41) is 11.5. The zero-order chi connectivity index (χ0) is 10.7. The van der Waals surface area contributed by atoms with Crippen molar-refractivity contribution in [1.82, 2.24) is 0 Å². The van der Waals surface area contributed by atoms with Gasteiger partial charge >= 0.3 is 0 Å². The Morgan fingerprint density at radius 3 is 2.47 bits per heavy atom. The van der Waals surface area contributed by atoms with Gasteiger partial charge in [-0.2, -0.15) is 0 Å². The minimum atomic E-state index is -0.563. The average molecular weight is 206 g/mol. The van der Waals surface area contributed by atoms with Crippen LogP contribution in [0.1, 0.15) is 0 Å². The SMILES string of the molecule is Oc1cc2ccccc2cc1OCCF. The molecule has 0 aliphatic rings. The van der Waals surface area contributed by atoms with Crippen LogP contribution in [-0.2, 0) is 0 Å². The molecule has 0 saturated carbocycles. The number of halogens is 1. The molecule has 2 nitrogen and oxygen atoms in total. The highest BCUT2D eigenvalue weighted by Crippen LogP contribution is 2.31. The van der Waals surface area contributed by atoms with E-state index in [-0.39, 0.29) is 12.4 Å². The van der Waals surface area contributed by atoms with Crippen molar-refractivity contribution in [3.63, 3.8) is 0 Å². The Hall–Kier alpha value is -1.77. The highest BCUT2D eigenvalue weighted by Gasteiger charge is 2.04. The molecule has 78 valence electrons. The fraction of sp³-hybridized carbons (Fsp3) is 0.167. The van der Waals surface area contributed by atoms with Crippen LogP contribution < -0.4 is 4.74 Å². The first kappa shape index (κ1) is 9.77. The number of benzene rings is 2. The monoisotopic (exact) mass is 206 g/mol. The molecule has 15 heavy (non-hydrogen) atoms. The Bertz CT molecular complexity index is 468. The van der Waals surface area contributed by atoms with Crippen molar-refractivity contribution >= 4 is 10.8 Å². The van der Waals surface area contributed by atoms with E-state index >= 15 is 0 Å². The van der Waals surface area contributed by atoms with Gasteiger partial charge in [-0.25, -0.2) is 4.39 Å². The van der Waals surface area contributed by atoms with E-state index in [0.717, 1.165) is 10.8 Å². The molecule has 0 atom stereocenters. The van der Waals surface area contributed by atoms with Crippen LogP contribution in [0.3, 0.4) is 0 Å². The largest absolute Gasteiger partial charge is 0.504 e. The summed E-state index contributed by atoms with van der Waals surface area (Å²) in [6, 6.07) is 10.9. The Labute approximate surface area is 86.9 Å². The van der Waals surface area contributed by atoms with E-state index in [2.05, 4.69) is 0 Å². The quantitative estimate of drug-likeness (QED) is 0.836. The lowest BCUT2D eigenvalue weighted by Crippen LogP contribution is -1.98. The fourth-order valence-corrected chi connectivity index (χ4v) is 1.47. The Kier molecular flexibility index (Phi) is 2.72. The Morgan fingerprint density at radius 2 is 1.80 bits per heavy atom. The van der Waals surface area contributed by atoms with Gasteiger partial charge < -0.3 is 9.84 Å². The van der Waals surface area contributed by atoms with Crippen LogP contribution in [0.2, 0.25) is 0 Å². The van der Waals surface area contributed by atoms with E-state index in [9.17, 15) is 9.50 Å². The molecule has 1 N–H and O–H groups in total. The molecular formula is C12H11FO2. The highest BCUT2D eigenvalue weighted by atomic mass is 19.1. The smallest absolute Gasteiger partial charge is 0.161 e. The number of phenolic OH excluding ortho intramolecular Hbond substituents is 1. The molecule has 0 amide bonds. The van der Waals surface area contributed by atoms with Crippen LogP contribution >= 0.6 is 0 Å². The van der Waals surface area contributed by atoms with Gasteiger partial charge in [-0.3, -0.25) is 0 Å². The summed E-state index contributed by atoms with van der Waals surface area (Å²) >= 11 is 0. The second-order valence-corrected chi connectivity index (χ2v) is 3.20. The molecule has 0 fully saturated rings. The number of aromatic hydroxyl groups is 1. The van der Waals surface area contributed by atoms with Crippen molar-refractivity contribution in [2.75, 3.05) is 13.3 Å². The molecular weight excluding hydrogens is 195 g/mol. The molecule has 0 aliphatic carbocycles. The lowest BCUT2D eigenvalue weighted by atomic mass is 10.1. The predicted octanol–water partition coefficient (Wildman–Crippen LogP) is 2.89. The second-order valence-electron chi connectivity index (χ2n) is 3.20. The van der Waals surface area contributed by atoms with Crippen LogP contribution in [0, 0.1) is 0 Å². The maximum absolute atomic E-state index is 11.9. The third-order valence-corrected chi connectivity index (χ3v) is 2.16. The first-order valence-corrected chi connectivity index (χ1v) is 4.72. The molecule has 0 spiro atoms. The normalized spacial score (nSPS) is 10.5. The summed E-state index contributed by atoms with van der Waals surface area (Å²) in [6.45, 7) is -0.599. The van der Waals surface area contributed by atoms with Crippen molar-refractivity contribution in [2.45, 2.75) is 0 Å². The lowest BCUT2D eigenvalue weighted by molar-refractivity contribution is 0.263. The zero-order valence-electron chi connectivity index (χ0n) is 8.11. The number of hydrogen-bond donors (Lipinski definition) is 1. The standard InChI is InChI=1S/C12H11FO2/c13-5-6-15-12-8-10-4-2-1-3-9(10)7-11(12)14/h1-4,7-8,14H,5-6H2. The van der Waals surface area contributed by atoms with Gasteiger partial charge in [-0.05, 0) is 22.9 Å². The molecule has 0 saturated heterocycles. The minimum Gasteiger partial charge on any atom is -0.504 e. The third-order valence-electron chi connectivity index (χ3n) is 2.16. The number of rotatable bonds is 3. The minimum absolute atomic E-state index is 0.0358. The second kappa shape index (κ2) is 4.17. The Balaban J connectivity index is 2.43. The first-order valence-electron chi connectivity index (χ1n) is 4.72. The molecule has 3 heteroatoms. The summed E-state index contributed by atoms with van der Waals surface area (Å²) in [5.74, 6) is 0.369. The number of alkyl halides is 1. The number of phenols is 1. The van der Waals surface area contributed by atoms with Gasteiger partial charge in [0.25, 0.3) is 0 Å². The number of fused-ring (bicyclic) bond motifs is 1. The topological polar surface area (TPSA) is 29.5 Å². The van der Waals surface area contributed by atoms with Crippen LogP contribution in [0.5, 0.6) is 11.5 Å². The van der Waals surface area contributed by atoms with Gasteiger partial charge in [0.15, 0.2) is 11.5 Å². The molecule has 2 rings (SSSR count). The maximum atomic E-state index is 11.9. The molecule has 0 radical (unpaired) electrons. The summed E-state index contributed by atoms with van der Waals surface area (Å²) in [6.07, 6.45) is 0. The van der Waals surface area contributed by atoms with E-state index in [1.165, 1.54) is 0 Å². The van der Waals surface area contributed by atoms with Gasteiger partial charge in [-0.15, -0.1) is 0 Å². The van der Waals surface area contributed by atoms with Gasteiger partial charge in [0, 0.05) is 0 Å². The summed E-state index contributed by atoms with van der Waals surface area (Å²) in [5.41, 5.74) is 0. The van der Waals surface area contributed by atoms with Crippen molar-refractivity contribution < 1.29 is 14.2 Å². The average Bonchev–Trinajstić information content (AvgIpc) is 2.26. The third kappa shape index (κ3) is 2.01. The van der Waals surface area contributed by atoms with Crippen molar-refractivity contribution in [2.24, 2.45) is 0 Å². The van der Waals surface area contributed by atoms with Crippen molar-refractivity contribution in [3.05, 3.63) is 36.4 Å². The van der Waals surface area contributed by atoms with Crippen LogP contribution in [0.25, 0.3) is 10.8 Å². The summed E-state index contributed by atoms with van der Waals surface area (Å²) in [7, 11) is 0. The molecule has 2 aromatic rings. The van der Waals surface area contributed by atoms with Crippen molar-refractivity contribution in [3.8, 4) is 11.5 Å². The number of hydrogen-bond acceptors (Lipinski definition) is 2. The molecule has 0 aromatic heterocycles. The highest BCUT2D eigenvalue weighted by molar-refractivity contribution is 5.85.